The molecule has 6 nitrogen and oxygen atoms in total. The number of amides is 1. The largest absolute Gasteiger partial charge is 0.464 e. The first-order valence-corrected chi connectivity index (χ1v) is 11.6. The third kappa shape index (κ3) is 5.30. The molecule has 0 aliphatic heterocycles. The third-order valence-electron chi connectivity index (χ3n) is 6.17. The quantitative estimate of drug-likeness (QED) is 0.298. The summed E-state index contributed by atoms with van der Waals surface area (Å²) in [7, 11) is 1.30. The third-order valence-corrected chi connectivity index (χ3v) is 6.43. The normalized spacial score (nSPS) is 11.7. The average Bonchev–Trinajstić information content (AvgIpc) is 3.11. The van der Waals surface area contributed by atoms with Crippen LogP contribution in [0, 0.1) is 19.7 Å². The molecule has 184 valence electrons. The number of ether oxygens (including phenoxy) is 1. The first-order chi connectivity index (χ1) is 16.6. The Hall–Kier alpha value is -3.45. The Morgan fingerprint density at radius 2 is 1.66 bits per heavy atom. The van der Waals surface area contributed by atoms with Crippen LogP contribution in [-0.4, -0.2) is 40.3 Å². The van der Waals surface area contributed by atoms with Crippen molar-refractivity contribution in [1.82, 2.24) is 9.47 Å². The standard InChI is InChI=1S/C27H28ClFN2O4/c1-6-30-17(3)23(16(2)24(30)27(34)35-5)25(32)18(4)31(15-19-7-13-22(29)14-8-19)26(33)20-9-11-21(28)12-10-20/h7-14,18H,6,15H2,1-5H3/t18-/m1/s1. The van der Waals surface area contributed by atoms with Crippen LogP contribution < -0.4 is 0 Å². The van der Waals surface area contributed by atoms with Crippen molar-refractivity contribution in [2.24, 2.45) is 0 Å². The number of methoxy groups -OCH3 is 1. The molecule has 0 saturated carbocycles. The zero-order valence-corrected chi connectivity index (χ0v) is 21.1. The number of ketones is 1. The zero-order chi connectivity index (χ0) is 25.9. The van der Waals surface area contributed by atoms with Crippen LogP contribution in [0.4, 0.5) is 4.39 Å². The molecule has 3 rings (SSSR count). The Labute approximate surface area is 209 Å². The molecule has 1 amide bonds. The molecule has 0 N–H and O–H groups in total. The van der Waals surface area contributed by atoms with Gasteiger partial charge in [0.2, 0.25) is 0 Å². The molecule has 0 aliphatic carbocycles. The summed E-state index contributed by atoms with van der Waals surface area (Å²) >= 11 is 5.98. The zero-order valence-electron chi connectivity index (χ0n) is 20.4. The monoisotopic (exact) mass is 498 g/mol. The Morgan fingerprint density at radius 3 is 2.20 bits per heavy atom. The second kappa shape index (κ2) is 10.9. The lowest BCUT2D eigenvalue weighted by molar-refractivity contribution is 0.0586. The van der Waals surface area contributed by atoms with Crippen LogP contribution in [0.25, 0.3) is 0 Å². The predicted molar refractivity (Wildman–Crippen MR) is 132 cm³/mol. The van der Waals surface area contributed by atoms with Gasteiger partial charge in [-0.05, 0) is 75.2 Å². The molecule has 3 aromatic rings. The van der Waals surface area contributed by atoms with Crippen LogP contribution in [0.15, 0.2) is 48.5 Å². The molecule has 1 aromatic heterocycles. The van der Waals surface area contributed by atoms with Crippen molar-refractivity contribution in [3.63, 3.8) is 0 Å². The van der Waals surface area contributed by atoms with Crippen LogP contribution in [-0.2, 0) is 17.8 Å². The number of esters is 1. The van der Waals surface area contributed by atoms with Gasteiger partial charge in [0.05, 0.1) is 13.2 Å². The number of nitrogens with zero attached hydrogens (tertiary/aromatic N) is 2. The van der Waals surface area contributed by atoms with E-state index in [4.69, 9.17) is 16.3 Å². The summed E-state index contributed by atoms with van der Waals surface area (Å²) in [5.41, 5.74) is 2.87. The van der Waals surface area contributed by atoms with E-state index in [1.54, 1.807) is 61.7 Å². The van der Waals surface area contributed by atoms with E-state index in [-0.39, 0.29) is 18.2 Å². The van der Waals surface area contributed by atoms with Gasteiger partial charge in [0, 0.05) is 34.9 Å². The Morgan fingerprint density at radius 1 is 1.06 bits per heavy atom. The lowest BCUT2D eigenvalue weighted by Crippen LogP contribution is -2.43. The molecule has 35 heavy (non-hydrogen) atoms. The molecule has 8 heteroatoms. The number of aromatic nitrogens is 1. The van der Waals surface area contributed by atoms with Gasteiger partial charge >= 0.3 is 5.97 Å². The molecule has 1 heterocycles. The Balaban J connectivity index is 2.06. The number of Topliss-reactive ketones (excluding diaryl/α,β-unsaturated/α-hetero) is 1. The van der Waals surface area contributed by atoms with Gasteiger partial charge in [-0.2, -0.15) is 0 Å². The molecule has 0 radical (unpaired) electrons. The predicted octanol–water partition coefficient (Wildman–Crippen LogP) is 5.62. The van der Waals surface area contributed by atoms with Crippen molar-refractivity contribution in [3.8, 4) is 0 Å². The first-order valence-electron chi connectivity index (χ1n) is 11.2. The summed E-state index contributed by atoms with van der Waals surface area (Å²) in [6, 6.07) is 11.3. The van der Waals surface area contributed by atoms with Gasteiger partial charge in [0.15, 0.2) is 5.78 Å². The Kier molecular flexibility index (Phi) is 8.12. The summed E-state index contributed by atoms with van der Waals surface area (Å²) in [6.07, 6.45) is 0. The fourth-order valence-electron chi connectivity index (χ4n) is 4.29. The van der Waals surface area contributed by atoms with E-state index in [9.17, 15) is 18.8 Å². The van der Waals surface area contributed by atoms with Crippen molar-refractivity contribution in [2.45, 2.75) is 46.8 Å². The fourth-order valence-corrected chi connectivity index (χ4v) is 4.42. The maximum atomic E-state index is 13.8. The molecular weight excluding hydrogens is 471 g/mol. The number of rotatable bonds is 8. The maximum absolute atomic E-state index is 13.8. The summed E-state index contributed by atoms with van der Waals surface area (Å²) in [5, 5.41) is 0.484. The van der Waals surface area contributed by atoms with Gasteiger partial charge in [0.1, 0.15) is 11.5 Å². The number of hydrogen-bond acceptors (Lipinski definition) is 4. The van der Waals surface area contributed by atoms with E-state index in [0.29, 0.717) is 45.2 Å². The minimum absolute atomic E-state index is 0.0884. The molecule has 1 atom stereocenters. The number of hydrogen-bond donors (Lipinski definition) is 0. The topological polar surface area (TPSA) is 68.6 Å². The molecule has 0 unspecified atom stereocenters. The van der Waals surface area contributed by atoms with Gasteiger partial charge in [-0.15, -0.1) is 0 Å². The summed E-state index contributed by atoms with van der Waals surface area (Å²) < 4.78 is 20.1. The first kappa shape index (κ1) is 26.2. The molecule has 0 aliphatic rings. The van der Waals surface area contributed by atoms with E-state index in [1.165, 1.54) is 24.1 Å². The highest BCUT2D eigenvalue weighted by Crippen LogP contribution is 2.27. The van der Waals surface area contributed by atoms with Crippen molar-refractivity contribution < 1.29 is 23.5 Å². The van der Waals surface area contributed by atoms with Gasteiger partial charge in [0.25, 0.3) is 5.91 Å². The van der Waals surface area contributed by atoms with Crippen molar-refractivity contribution >= 4 is 29.3 Å². The smallest absolute Gasteiger partial charge is 0.354 e. The van der Waals surface area contributed by atoms with E-state index in [1.807, 2.05) is 6.92 Å². The number of carbonyl (C=O) groups excluding carboxylic acids is 3. The van der Waals surface area contributed by atoms with Gasteiger partial charge in [-0.25, -0.2) is 9.18 Å². The lowest BCUT2D eigenvalue weighted by Gasteiger charge is -2.29. The highest BCUT2D eigenvalue weighted by atomic mass is 35.5. The molecule has 0 bridgehead atoms. The highest BCUT2D eigenvalue weighted by molar-refractivity contribution is 6.30. The van der Waals surface area contributed by atoms with Crippen LogP contribution in [0.3, 0.4) is 0 Å². The van der Waals surface area contributed by atoms with Crippen molar-refractivity contribution in [1.29, 1.82) is 0 Å². The van der Waals surface area contributed by atoms with Gasteiger partial charge < -0.3 is 14.2 Å². The number of benzene rings is 2. The van der Waals surface area contributed by atoms with E-state index >= 15 is 0 Å². The molecule has 0 saturated heterocycles. The molecule has 2 aromatic carbocycles. The SMILES string of the molecule is CCn1c(C)c(C(=O)[C@@H](C)N(Cc2ccc(F)cc2)C(=O)c2ccc(Cl)cc2)c(C)c1C(=O)OC. The fraction of sp³-hybridized carbons (Fsp3) is 0.296. The minimum atomic E-state index is -0.876. The maximum Gasteiger partial charge on any atom is 0.354 e. The van der Waals surface area contributed by atoms with Crippen LogP contribution in [0.5, 0.6) is 0 Å². The van der Waals surface area contributed by atoms with Crippen molar-refractivity contribution in [3.05, 3.63) is 93.0 Å². The highest BCUT2D eigenvalue weighted by Gasteiger charge is 2.33. The van der Waals surface area contributed by atoms with Crippen LogP contribution in [0.1, 0.15) is 61.9 Å². The van der Waals surface area contributed by atoms with E-state index in [0.717, 1.165) is 0 Å². The second-order valence-corrected chi connectivity index (χ2v) is 8.71. The van der Waals surface area contributed by atoms with E-state index in [2.05, 4.69) is 0 Å². The average molecular weight is 499 g/mol. The van der Waals surface area contributed by atoms with Crippen molar-refractivity contribution in [2.75, 3.05) is 7.11 Å². The minimum Gasteiger partial charge on any atom is -0.464 e. The number of carbonyl (C=O) groups is 3. The molecule has 0 fully saturated rings. The second-order valence-electron chi connectivity index (χ2n) is 8.28. The van der Waals surface area contributed by atoms with Crippen LogP contribution in [0.2, 0.25) is 5.02 Å². The summed E-state index contributed by atoms with van der Waals surface area (Å²) in [5.74, 6) is -1.59. The molecule has 0 spiro atoms. The lowest BCUT2D eigenvalue weighted by atomic mass is 9.98. The van der Waals surface area contributed by atoms with Crippen LogP contribution >= 0.6 is 11.6 Å². The van der Waals surface area contributed by atoms with Gasteiger partial charge in [-0.3, -0.25) is 9.59 Å². The van der Waals surface area contributed by atoms with Gasteiger partial charge in [-0.1, -0.05) is 23.7 Å². The summed E-state index contributed by atoms with van der Waals surface area (Å²) in [4.78, 5) is 41.2. The Bertz CT molecular complexity index is 1250. The van der Waals surface area contributed by atoms with E-state index < -0.39 is 17.8 Å². The summed E-state index contributed by atoms with van der Waals surface area (Å²) in [6.45, 7) is 7.57. The molecular formula is C27H28ClFN2O4. The number of halogens is 2.